The highest BCUT2D eigenvalue weighted by atomic mass is 16.5. The fourth-order valence-electron chi connectivity index (χ4n) is 3.33. The molecule has 2 unspecified atom stereocenters. The molecule has 1 fully saturated rings. The number of hydrogen-bond donors (Lipinski definition) is 1. The topological polar surface area (TPSA) is 58.6 Å². The van der Waals surface area contributed by atoms with Crippen molar-refractivity contribution in [3.63, 3.8) is 0 Å². The van der Waals surface area contributed by atoms with E-state index in [0.717, 1.165) is 11.3 Å². The van der Waals surface area contributed by atoms with Crippen molar-refractivity contribution in [3.8, 4) is 5.75 Å². The quantitative estimate of drug-likeness (QED) is 0.840. The van der Waals surface area contributed by atoms with Gasteiger partial charge in [-0.25, -0.2) is 0 Å². The number of benzene rings is 2. The molecule has 0 aromatic heterocycles. The molecule has 5 heteroatoms. The van der Waals surface area contributed by atoms with Gasteiger partial charge in [0.15, 0.2) is 0 Å². The van der Waals surface area contributed by atoms with Crippen molar-refractivity contribution in [1.29, 1.82) is 0 Å². The van der Waals surface area contributed by atoms with Gasteiger partial charge in [-0.15, -0.1) is 0 Å². The van der Waals surface area contributed by atoms with Crippen LogP contribution in [0.2, 0.25) is 0 Å². The Hall–Kier alpha value is -2.82. The molecule has 1 N–H and O–H groups in total. The highest BCUT2D eigenvalue weighted by Gasteiger charge is 2.37. The molecule has 2 aromatic carbocycles. The van der Waals surface area contributed by atoms with Gasteiger partial charge in [0.05, 0.1) is 18.1 Å². The Bertz CT molecular complexity index is 787. The lowest BCUT2D eigenvalue weighted by molar-refractivity contribution is -0.129. The average molecular weight is 366 g/mol. The van der Waals surface area contributed by atoms with Gasteiger partial charge >= 0.3 is 0 Å². The van der Waals surface area contributed by atoms with Crippen molar-refractivity contribution in [2.75, 3.05) is 11.9 Å². The van der Waals surface area contributed by atoms with E-state index < -0.39 is 0 Å². The molecular formula is C22H26N2O3. The number of anilines is 1. The van der Waals surface area contributed by atoms with Crippen molar-refractivity contribution >= 4 is 17.5 Å². The van der Waals surface area contributed by atoms with Gasteiger partial charge in [-0.1, -0.05) is 30.3 Å². The summed E-state index contributed by atoms with van der Waals surface area (Å²) in [6, 6.07) is 17.1. The molecule has 0 radical (unpaired) electrons. The maximum atomic E-state index is 12.6. The van der Waals surface area contributed by atoms with Crippen LogP contribution in [0.1, 0.15) is 38.8 Å². The zero-order valence-electron chi connectivity index (χ0n) is 16.0. The second kappa shape index (κ2) is 8.25. The first-order valence-electron chi connectivity index (χ1n) is 9.36. The fraction of sp³-hybridized carbons (Fsp3) is 0.364. The Morgan fingerprint density at radius 3 is 2.37 bits per heavy atom. The monoisotopic (exact) mass is 366 g/mol. The molecule has 1 aliphatic heterocycles. The number of hydrogen-bond acceptors (Lipinski definition) is 3. The molecule has 0 spiro atoms. The van der Waals surface area contributed by atoms with Gasteiger partial charge < -0.3 is 15.0 Å². The number of nitrogens with zero attached hydrogens (tertiary/aromatic N) is 1. The van der Waals surface area contributed by atoms with E-state index in [4.69, 9.17) is 4.74 Å². The van der Waals surface area contributed by atoms with Gasteiger partial charge in [-0.2, -0.15) is 0 Å². The summed E-state index contributed by atoms with van der Waals surface area (Å²) in [6.07, 6.45) is 0.352. The summed E-state index contributed by atoms with van der Waals surface area (Å²) in [7, 11) is 0. The van der Waals surface area contributed by atoms with Crippen LogP contribution in [0.4, 0.5) is 5.69 Å². The number of carbonyl (C=O) groups excluding carboxylic acids is 2. The molecule has 2 atom stereocenters. The Morgan fingerprint density at radius 2 is 1.74 bits per heavy atom. The van der Waals surface area contributed by atoms with Crippen molar-refractivity contribution < 1.29 is 14.3 Å². The van der Waals surface area contributed by atoms with Gasteiger partial charge in [0.1, 0.15) is 5.75 Å². The van der Waals surface area contributed by atoms with E-state index in [2.05, 4.69) is 5.32 Å². The Morgan fingerprint density at radius 1 is 1.07 bits per heavy atom. The zero-order chi connectivity index (χ0) is 19.4. The van der Waals surface area contributed by atoms with Crippen molar-refractivity contribution in [2.45, 2.75) is 39.3 Å². The SMILES string of the molecule is CC(C)Oc1ccc(NC(=O)C2CC(=O)N(C(C)c3ccccc3)C2)cc1. The summed E-state index contributed by atoms with van der Waals surface area (Å²) in [6.45, 7) is 6.38. The molecule has 0 bridgehead atoms. The van der Waals surface area contributed by atoms with E-state index in [0.29, 0.717) is 12.2 Å². The summed E-state index contributed by atoms with van der Waals surface area (Å²) in [5.74, 6) is 0.327. The van der Waals surface area contributed by atoms with Crippen molar-refractivity contribution in [2.24, 2.45) is 5.92 Å². The molecular weight excluding hydrogens is 340 g/mol. The highest BCUT2D eigenvalue weighted by molar-refractivity contribution is 5.97. The lowest BCUT2D eigenvalue weighted by Crippen LogP contribution is -2.30. The zero-order valence-corrected chi connectivity index (χ0v) is 16.0. The average Bonchev–Trinajstić information content (AvgIpc) is 3.05. The fourth-order valence-corrected chi connectivity index (χ4v) is 3.33. The second-order valence-corrected chi connectivity index (χ2v) is 7.21. The number of amides is 2. The third-order valence-corrected chi connectivity index (χ3v) is 4.77. The minimum absolute atomic E-state index is 0.0205. The molecule has 3 rings (SSSR count). The molecule has 0 saturated carbocycles. The molecule has 1 saturated heterocycles. The predicted octanol–water partition coefficient (Wildman–Crippen LogP) is 4.02. The molecule has 5 nitrogen and oxygen atoms in total. The Labute approximate surface area is 160 Å². The lowest BCUT2D eigenvalue weighted by Gasteiger charge is -2.25. The molecule has 27 heavy (non-hydrogen) atoms. The minimum atomic E-state index is -0.338. The van der Waals surface area contributed by atoms with Crippen LogP contribution in [0.5, 0.6) is 5.75 Å². The molecule has 1 heterocycles. The molecule has 1 aliphatic rings. The van der Waals surface area contributed by atoms with E-state index >= 15 is 0 Å². The first kappa shape index (κ1) is 19.0. The largest absolute Gasteiger partial charge is 0.491 e. The van der Waals surface area contributed by atoms with Crippen LogP contribution in [0.15, 0.2) is 54.6 Å². The number of nitrogens with one attached hydrogen (secondary N) is 1. The first-order valence-corrected chi connectivity index (χ1v) is 9.36. The third-order valence-electron chi connectivity index (χ3n) is 4.77. The van der Waals surface area contributed by atoms with E-state index in [9.17, 15) is 9.59 Å². The normalized spacial score (nSPS) is 17.9. The third kappa shape index (κ3) is 4.67. The number of likely N-dealkylation sites (tertiary alicyclic amines) is 1. The van der Waals surface area contributed by atoms with E-state index in [-0.39, 0.29) is 36.3 Å². The van der Waals surface area contributed by atoms with Crippen LogP contribution in [-0.4, -0.2) is 29.4 Å². The summed E-state index contributed by atoms with van der Waals surface area (Å²) >= 11 is 0. The maximum absolute atomic E-state index is 12.6. The van der Waals surface area contributed by atoms with Gasteiger partial charge in [0.25, 0.3) is 0 Å². The Balaban J connectivity index is 1.60. The van der Waals surface area contributed by atoms with Gasteiger partial charge in [-0.3, -0.25) is 9.59 Å². The highest BCUT2D eigenvalue weighted by Crippen LogP contribution is 2.29. The van der Waals surface area contributed by atoms with E-state index in [1.807, 2.05) is 75.4 Å². The summed E-state index contributed by atoms with van der Waals surface area (Å²) in [5.41, 5.74) is 1.78. The smallest absolute Gasteiger partial charge is 0.229 e. The molecule has 142 valence electrons. The summed E-state index contributed by atoms with van der Waals surface area (Å²) < 4.78 is 5.61. The van der Waals surface area contributed by atoms with Crippen LogP contribution >= 0.6 is 0 Å². The second-order valence-electron chi connectivity index (χ2n) is 7.21. The van der Waals surface area contributed by atoms with E-state index in [1.165, 1.54) is 0 Å². The van der Waals surface area contributed by atoms with Gasteiger partial charge in [-0.05, 0) is 50.6 Å². The predicted molar refractivity (Wildman–Crippen MR) is 106 cm³/mol. The van der Waals surface area contributed by atoms with Crippen molar-refractivity contribution in [3.05, 3.63) is 60.2 Å². The van der Waals surface area contributed by atoms with E-state index in [1.54, 1.807) is 4.90 Å². The number of carbonyl (C=O) groups is 2. The van der Waals surface area contributed by atoms with Crippen LogP contribution in [0.3, 0.4) is 0 Å². The Kier molecular flexibility index (Phi) is 5.79. The first-order chi connectivity index (χ1) is 12.9. The molecule has 2 amide bonds. The standard InChI is InChI=1S/C22H26N2O3/c1-15(2)27-20-11-9-19(10-12-20)23-22(26)18-13-21(25)24(14-18)16(3)17-7-5-4-6-8-17/h4-12,15-16,18H,13-14H2,1-3H3,(H,23,26). The van der Waals surface area contributed by atoms with Crippen LogP contribution in [-0.2, 0) is 9.59 Å². The molecule has 0 aliphatic carbocycles. The number of ether oxygens (including phenoxy) is 1. The summed E-state index contributed by atoms with van der Waals surface area (Å²) in [5, 5.41) is 2.91. The maximum Gasteiger partial charge on any atom is 0.229 e. The van der Waals surface area contributed by atoms with Crippen LogP contribution < -0.4 is 10.1 Å². The number of rotatable bonds is 6. The summed E-state index contributed by atoms with van der Waals surface area (Å²) in [4.78, 5) is 26.8. The van der Waals surface area contributed by atoms with Crippen LogP contribution in [0, 0.1) is 5.92 Å². The van der Waals surface area contributed by atoms with Crippen LogP contribution in [0.25, 0.3) is 0 Å². The minimum Gasteiger partial charge on any atom is -0.491 e. The lowest BCUT2D eigenvalue weighted by atomic mass is 10.1. The van der Waals surface area contributed by atoms with Crippen molar-refractivity contribution in [1.82, 2.24) is 4.90 Å². The van der Waals surface area contributed by atoms with Gasteiger partial charge in [0, 0.05) is 18.7 Å². The molecule has 2 aromatic rings. The van der Waals surface area contributed by atoms with Gasteiger partial charge in [0.2, 0.25) is 11.8 Å².